The molecule has 3 nitrogen and oxygen atoms in total. The second-order valence-corrected chi connectivity index (χ2v) is 9.29. The van der Waals surface area contributed by atoms with Crippen molar-refractivity contribution in [1.82, 2.24) is 4.31 Å². The van der Waals surface area contributed by atoms with Gasteiger partial charge in [0.1, 0.15) is 0 Å². The molecule has 1 aliphatic heterocycles. The Morgan fingerprint density at radius 3 is 2.00 bits per heavy atom. The van der Waals surface area contributed by atoms with Crippen molar-refractivity contribution in [3.63, 3.8) is 0 Å². The van der Waals surface area contributed by atoms with E-state index in [1.54, 1.807) is 16.4 Å². The lowest BCUT2D eigenvalue weighted by Crippen LogP contribution is -2.34. The standard InChI is InChI=1S/C24H25NO2S/c26-28(27,24-16-14-22(15-17-24)20-9-3-1-4-10-20)25-18-8-7-13-23(19-25)21-11-5-2-6-12-21/h1-6,9-12,14-17,23H,7-8,13,18-19H2. The molecular weight excluding hydrogens is 366 g/mol. The van der Waals surface area contributed by atoms with E-state index >= 15 is 0 Å². The van der Waals surface area contributed by atoms with Crippen molar-refractivity contribution in [3.05, 3.63) is 90.5 Å². The van der Waals surface area contributed by atoms with Gasteiger partial charge in [0.05, 0.1) is 4.90 Å². The van der Waals surface area contributed by atoms with Gasteiger partial charge in [0.15, 0.2) is 0 Å². The van der Waals surface area contributed by atoms with Gasteiger partial charge in [-0.25, -0.2) is 8.42 Å². The Balaban J connectivity index is 1.58. The van der Waals surface area contributed by atoms with E-state index in [9.17, 15) is 8.42 Å². The summed E-state index contributed by atoms with van der Waals surface area (Å²) in [5.41, 5.74) is 3.34. The van der Waals surface area contributed by atoms with Crippen molar-refractivity contribution < 1.29 is 8.42 Å². The summed E-state index contributed by atoms with van der Waals surface area (Å²) in [5.74, 6) is 0.252. The molecule has 0 aromatic heterocycles. The van der Waals surface area contributed by atoms with Crippen molar-refractivity contribution in [1.29, 1.82) is 0 Å². The van der Waals surface area contributed by atoms with Gasteiger partial charge in [0.25, 0.3) is 0 Å². The topological polar surface area (TPSA) is 37.4 Å². The van der Waals surface area contributed by atoms with E-state index in [1.165, 1.54) is 5.56 Å². The Kier molecular flexibility index (Phi) is 5.60. The Hall–Kier alpha value is -2.43. The van der Waals surface area contributed by atoms with Gasteiger partial charge in [0, 0.05) is 13.1 Å². The highest BCUT2D eigenvalue weighted by atomic mass is 32.2. The van der Waals surface area contributed by atoms with Gasteiger partial charge in [-0.05, 0) is 47.6 Å². The Morgan fingerprint density at radius 2 is 1.32 bits per heavy atom. The molecule has 1 fully saturated rings. The molecule has 3 aromatic rings. The number of sulfonamides is 1. The number of rotatable bonds is 4. The molecule has 1 atom stereocenters. The molecule has 144 valence electrons. The van der Waals surface area contributed by atoms with Crippen LogP contribution in [-0.2, 0) is 10.0 Å². The van der Waals surface area contributed by atoms with E-state index in [1.807, 2.05) is 60.7 Å². The normalized spacial score (nSPS) is 18.5. The van der Waals surface area contributed by atoms with E-state index in [-0.39, 0.29) is 5.92 Å². The molecule has 0 saturated carbocycles. The Bertz CT molecular complexity index is 999. The summed E-state index contributed by atoms with van der Waals surface area (Å²) in [6.45, 7) is 1.14. The second kappa shape index (κ2) is 8.29. The molecule has 1 saturated heterocycles. The molecule has 0 aliphatic carbocycles. The van der Waals surface area contributed by atoms with Crippen LogP contribution in [0.4, 0.5) is 0 Å². The smallest absolute Gasteiger partial charge is 0.207 e. The highest BCUT2D eigenvalue weighted by molar-refractivity contribution is 7.89. The van der Waals surface area contributed by atoms with E-state index in [0.29, 0.717) is 18.0 Å². The van der Waals surface area contributed by atoms with Gasteiger partial charge in [-0.3, -0.25) is 0 Å². The predicted octanol–water partition coefficient (Wildman–Crippen LogP) is 5.31. The molecule has 0 amide bonds. The quantitative estimate of drug-likeness (QED) is 0.604. The van der Waals surface area contributed by atoms with Gasteiger partial charge >= 0.3 is 0 Å². The van der Waals surface area contributed by atoms with Gasteiger partial charge in [-0.2, -0.15) is 4.31 Å². The molecule has 1 unspecified atom stereocenters. The highest BCUT2D eigenvalue weighted by Gasteiger charge is 2.29. The second-order valence-electron chi connectivity index (χ2n) is 7.36. The Labute approximate surface area is 167 Å². The molecule has 0 bridgehead atoms. The fourth-order valence-corrected chi connectivity index (χ4v) is 5.45. The van der Waals surface area contributed by atoms with Crippen LogP contribution in [-0.4, -0.2) is 25.8 Å². The maximum atomic E-state index is 13.3. The summed E-state index contributed by atoms with van der Waals surface area (Å²) in [4.78, 5) is 0.376. The molecule has 4 heteroatoms. The fourth-order valence-electron chi connectivity index (χ4n) is 3.92. The van der Waals surface area contributed by atoms with Crippen LogP contribution < -0.4 is 0 Å². The minimum absolute atomic E-state index is 0.252. The maximum absolute atomic E-state index is 13.3. The van der Waals surface area contributed by atoms with E-state index < -0.39 is 10.0 Å². The Morgan fingerprint density at radius 1 is 0.714 bits per heavy atom. The summed E-state index contributed by atoms with van der Waals surface area (Å²) in [6, 6.07) is 27.6. The van der Waals surface area contributed by atoms with Crippen molar-refractivity contribution in [2.24, 2.45) is 0 Å². The average Bonchev–Trinajstić information content (AvgIpc) is 3.02. The van der Waals surface area contributed by atoms with E-state index in [2.05, 4.69) is 12.1 Å². The molecule has 1 aliphatic rings. The number of hydrogen-bond donors (Lipinski definition) is 0. The van der Waals surface area contributed by atoms with Crippen LogP contribution >= 0.6 is 0 Å². The third-order valence-electron chi connectivity index (χ3n) is 5.50. The monoisotopic (exact) mass is 391 g/mol. The van der Waals surface area contributed by atoms with Crippen molar-refractivity contribution in [2.45, 2.75) is 30.1 Å². The van der Waals surface area contributed by atoms with Crippen LogP contribution in [0.1, 0.15) is 30.7 Å². The van der Waals surface area contributed by atoms with Crippen molar-refractivity contribution in [3.8, 4) is 11.1 Å². The molecule has 0 N–H and O–H groups in total. The van der Waals surface area contributed by atoms with Gasteiger partial charge in [-0.15, -0.1) is 0 Å². The number of benzene rings is 3. The lowest BCUT2D eigenvalue weighted by atomic mass is 9.95. The van der Waals surface area contributed by atoms with Crippen molar-refractivity contribution >= 4 is 10.0 Å². The maximum Gasteiger partial charge on any atom is 0.243 e. The highest BCUT2D eigenvalue weighted by Crippen LogP contribution is 2.30. The molecule has 1 heterocycles. The third-order valence-corrected chi connectivity index (χ3v) is 7.38. The van der Waals surface area contributed by atoms with Crippen LogP contribution in [0, 0.1) is 0 Å². The zero-order chi connectivity index (χ0) is 19.4. The van der Waals surface area contributed by atoms with Crippen LogP contribution in [0.5, 0.6) is 0 Å². The van der Waals surface area contributed by atoms with Crippen molar-refractivity contribution in [2.75, 3.05) is 13.1 Å². The predicted molar refractivity (Wildman–Crippen MR) is 114 cm³/mol. The largest absolute Gasteiger partial charge is 0.243 e. The first kappa shape index (κ1) is 18.9. The molecule has 0 spiro atoms. The van der Waals surface area contributed by atoms with Gasteiger partial charge in [0.2, 0.25) is 10.0 Å². The summed E-state index contributed by atoms with van der Waals surface area (Å²) in [5, 5.41) is 0. The van der Waals surface area contributed by atoms with Crippen LogP contribution in [0.25, 0.3) is 11.1 Å². The third kappa shape index (κ3) is 4.03. The SMILES string of the molecule is O=S(=O)(c1ccc(-c2ccccc2)cc1)N1CCCCC(c2ccccc2)C1. The summed E-state index contributed by atoms with van der Waals surface area (Å²) in [7, 11) is -3.49. The van der Waals surface area contributed by atoms with E-state index in [0.717, 1.165) is 30.4 Å². The van der Waals surface area contributed by atoms with Crippen LogP contribution in [0.15, 0.2) is 89.8 Å². The van der Waals surface area contributed by atoms with Gasteiger partial charge < -0.3 is 0 Å². The molecule has 0 radical (unpaired) electrons. The molecular formula is C24H25NO2S. The van der Waals surface area contributed by atoms with Crippen LogP contribution in [0.3, 0.4) is 0 Å². The first-order chi connectivity index (χ1) is 13.6. The zero-order valence-electron chi connectivity index (χ0n) is 15.9. The first-order valence-corrected chi connectivity index (χ1v) is 11.3. The number of nitrogens with zero attached hydrogens (tertiary/aromatic N) is 1. The number of hydrogen-bond acceptors (Lipinski definition) is 2. The fraction of sp³-hybridized carbons (Fsp3) is 0.250. The van der Waals surface area contributed by atoms with E-state index in [4.69, 9.17) is 0 Å². The minimum atomic E-state index is -3.49. The lowest BCUT2D eigenvalue weighted by molar-refractivity contribution is 0.406. The molecule has 3 aromatic carbocycles. The van der Waals surface area contributed by atoms with Gasteiger partial charge in [-0.1, -0.05) is 79.2 Å². The lowest BCUT2D eigenvalue weighted by Gasteiger charge is -2.24. The molecule has 4 rings (SSSR count). The summed E-state index contributed by atoms with van der Waals surface area (Å²) >= 11 is 0. The summed E-state index contributed by atoms with van der Waals surface area (Å²) in [6.07, 6.45) is 2.99. The minimum Gasteiger partial charge on any atom is -0.207 e. The first-order valence-electron chi connectivity index (χ1n) is 9.85. The summed E-state index contributed by atoms with van der Waals surface area (Å²) < 4.78 is 28.3. The average molecular weight is 392 g/mol. The van der Waals surface area contributed by atoms with Crippen LogP contribution in [0.2, 0.25) is 0 Å². The zero-order valence-corrected chi connectivity index (χ0v) is 16.7. The molecule has 28 heavy (non-hydrogen) atoms.